The third-order valence-electron chi connectivity index (χ3n) is 3.66. The van der Waals surface area contributed by atoms with Crippen LogP contribution in [0.5, 0.6) is 0 Å². The fourth-order valence-corrected chi connectivity index (χ4v) is 3.60. The molecule has 0 radical (unpaired) electrons. The summed E-state index contributed by atoms with van der Waals surface area (Å²) in [5.74, 6) is -1.02. The van der Waals surface area contributed by atoms with Crippen LogP contribution in [0, 0.1) is 20.8 Å². The molecule has 6 heteroatoms. The molecule has 0 bridgehead atoms. The van der Waals surface area contributed by atoms with Crippen molar-refractivity contribution in [2.24, 2.45) is 0 Å². The predicted molar refractivity (Wildman–Crippen MR) is 98.2 cm³/mol. The van der Waals surface area contributed by atoms with Gasteiger partial charge in [0.25, 0.3) is 0 Å². The Morgan fingerprint density at radius 2 is 1.76 bits per heavy atom. The third-order valence-corrected chi connectivity index (χ3v) is 4.70. The summed E-state index contributed by atoms with van der Waals surface area (Å²) >= 11 is 1.46. The number of aryl methyl sites for hydroxylation is 3. The van der Waals surface area contributed by atoms with Crippen LogP contribution in [0.4, 0.5) is 0 Å². The van der Waals surface area contributed by atoms with Gasteiger partial charge in [-0.05, 0) is 44.7 Å². The Hall–Kier alpha value is -2.47. The molecule has 2 heterocycles. The number of hydrogen-bond donors (Lipinski definition) is 0. The summed E-state index contributed by atoms with van der Waals surface area (Å²) in [6, 6.07) is 1.94. The molecule has 0 amide bonds. The van der Waals surface area contributed by atoms with Crippen LogP contribution < -0.4 is 0 Å². The van der Waals surface area contributed by atoms with Crippen LogP contribution in [0.25, 0.3) is 10.4 Å². The molecule has 0 aliphatic heterocycles. The largest absolute Gasteiger partial charge is 0.462 e. The first-order chi connectivity index (χ1) is 11.9. The third kappa shape index (κ3) is 3.79. The van der Waals surface area contributed by atoms with Gasteiger partial charge in [0.1, 0.15) is 6.61 Å². The molecule has 0 atom stereocenters. The number of hydrogen-bond acceptors (Lipinski definition) is 6. The first kappa shape index (κ1) is 18.9. The molecule has 2 aromatic heterocycles. The van der Waals surface area contributed by atoms with Crippen LogP contribution in [0.3, 0.4) is 0 Å². The molecule has 0 unspecified atom stereocenters. The zero-order valence-electron chi connectivity index (χ0n) is 14.8. The average Bonchev–Trinajstić information content (AvgIpc) is 2.97. The van der Waals surface area contributed by atoms with Crippen molar-refractivity contribution < 1.29 is 19.1 Å². The number of nitrogens with zero attached hydrogens (tertiary/aromatic N) is 1. The Labute approximate surface area is 151 Å². The standard InChI is InChI=1S/C19H21NO4S/c1-6-9-24-19(22)15-13(5)20-12(4)14(18(21)23-7-2)16(15)17-11(3)8-10-25-17/h6,8,10H,1,7,9H2,2-5H3. The molecular weight excluding hydrogens is 338 g/mol. The van der Waals surface area contributed by atoms with Gasteiger partial charge in [-0.3, -0.25) is 4.98 Å². The van der Waals surface area contributed by atoms with Crippen LogP contribution in [0.2, 0.25) is 0 Å². The van der Waals surface area contributed by atoms with E-state index >= 15 is 0 Å². The summed E-state index contributed by atoms with van der Waals surface area (Å²) in [6.07, 6.45) is 1.50. The number of carbonyl (C=O) groups excluding carboxylic acids is 2. The number of aromatic nitrogens is 1. The maximum atomic E-state index is 12.6. The number of esters is 2. The highest BCUT2D eigenvalue weighted by Gasteiger charge is 2.29. The van der Waals surface area contributed by atoms with Crippen molar-refractivity contribution in [3.05, 3.63) is 52.2 Å². The number of carbonyl (C=O) groups is 2. The van der Waals surface area contributed by atoms with Gasteiger partial charge in [-0.2, -0.15) is 0 Å². The molecule has 0 spiro atoms. The van der Waals surface area contributed by atoms with E-state index in [0.29, 0.717) is 28.1 Å². The van der Waals surface area contributed by atoms with Gasteiger partial charge in [0.2, 0.25) is 0 Å². The molecule has 132 valence electrons. The van der Waals surface area contributed by atoms with Crippen molar-refractivity contribution in [3.63, 3.8) is 0 Å². The Bertz CT molecular complexity index is 823. The monoisotopic (exact) mass is 359 g/mol. The molecule has 2 aromatic rings. The highest BCUT2D eigenvalue weighted by molar-refractivity contribution is 7.13. The minimum Gasteiger partial charge on any atom is -0.462 e. The van der Waals surface area contributed by atoms with Crippen LogP contribution >= 0.6 is 11.3 Å². The van der Waals surface area contributed by atoms with Crippen LogP contribution in [0.15, 0.2) is 24.1 Å². The van der Waals surface area contributed by atoms with E-state index in [2.05, 4.69) is 11.6 Å². The highest BCUT2D eigenvalue weighted by atomic mass is 32.1. The highest BCUT2D eigenvalue weighted by Crippen LogP contribution is 2.37. The molecule has 5 nitrogen and oxygen atoms in total. The number of ether oxygens (including phenoxy) is 2. The molecule has 0 fully saturated rings. The summed E-state index contributed by atoms with van der Waals surface area (Å²) in [5, 5.41) is 1.92. The van der Waals surface area contributed by atoms with E-state index in [1.165, 1.54) is 17.4 Å². The first-order valence-electron chi connectivity index (χ1n) is 7.93. The molecule has 25 heavy (non-hydrogen) atoms. The van der Waals surface area contributed by atoms with E-state index in [4.69, 9.17) is 9.47 Å². The minimum absolute atomic E-state index is 0.0871. The molecule has 0 aromatic carbocycles. The molecule has 0 saturated carbocycles. The van der Waals surface area contributed by atoms with Gasteiger partial charge in [-0.25, -0.2) is 9.59 Å². The number of rotatable bonds is 6. The zero-order valence-corrected chi connectivity index (χ0v) is 15.7. The summed E-state index contributed by atoms with van der Waals surface area (Å²) in [5.41, 5.74) is 3.15. The SMILES string of the molecule is C=CCOC(=O)c1c(C)nc(C)c(C(=O)OCC)c1-c1sccc1C. The van der Waals surface area contributed by atoms with Crippen molar-refractivity contribution >= 4 is 23.3 Å². The molecule has 2 rings (SSSR count). The first-order valence-corrected chi connectivity index (χ1v) is 8.81. The van der Waals surface area contributed by atoms with E-state index in [9.17, 15) is 9.59 Å². The quantitative estimate of drug-likeness (QED) is 0.570. The molecule has 0 saturated heterocycles. The number of pyridine rings is 1. The fraction of sp³-hybridized carbons (Fsp3) is 0.316. The Kier molecular flexibility index (Phi) is 6.09. The lowest BCUT2D eigenvalue weighted by Crippen LogP contribution is -2.17. The van der Waals surface area contributed by atoms with Gasteiger partial charge in [0.15, 0.2) is 0 Å². The second-order valence-electron chi connectivity index (χ2n) is 5.45. The summed E-state index contributed by atoms with van der Waals surface area (Å²) in [6.45, 7) is 11.0. The lowest BCUT2D eigenvalue weighted by Gasteiger charge is -2.17. The van der Waals surface area contributed by atoms with Gasteiger partial charge in [0.05, 0.1) is 29.1 Å². The maximum Gasteiger partial charge on any atom is 0.340 e. The molecule has 0 aliphatic carbocycles. The van der Waals surface area contributed by atoms with Crippen LogP contribution in [0.1, 0.15) is 44.6 Å². The van der Waals surface area contributed by atoms with Gasteiger partial charge in [-0.1, -0.05) is 12.7 Å². The zero-order chi connectivity index (χ0) is 18.6. The van der Waals surface area contributed by atoms with Crippen LogP contribution in [-0.4, -0.2) is 30.1 Å². The Balaban J connectivity index is 2.80. The Morgan fingerprint density at radius 3 is 2.24 bits per heavy atom. The van der Waals surface area contributed by atoms with Crippen molar-refractivity contribution in [2.45, 2.75) is 27.7 Å². The predicted octanol–water partition coefficient (Wildman–Crippen LogP) is 4.25. The van der Waals surface area contributed by atoms with Crippen molar-refractivity contribution in [3.8, 4) is 10.4 Å². The molecule has 0 aliphatic rings. The molecule has 0 N–H and O–H groups in total. The Morgan fingerprint density at radius 1 is 1.16 bits per heavy atom. The number of thiophene rings is 1. The smallest absolute Gasteiger partial charge is 0.340 e. The normalized spacial score (nSPS) is 10.4. The summed E-state index contributed by atoms with van der Waals surface area (Å²) < 4.78 is 10.4. The fourth-order valence-electron chi connectivity index (χ4n) is 2.62. The van der Waals surface area contributed by atoms with Crippen molar-refractivity contribution in [1.29, 1.82) is 0 Å². The second-order valence-corrected chi connectivity index (χ2v) is 6.36. The van der Waals surface area contributed by atoms with Crippen LogP contribution in [-0.2, 0) is 9.47 Å². The van der Waals surface area contributed by atoms with Gasteiger partial charge >= 0.3 is 11.9 Å². The summed E-state index contributed by atoms with van der Waals surface area (Å²) in [7, 11) is 0. The average molecular weight is 359 g/mol. The van der Waals surface area contributed by atoms with E-state index in [1.807, 2.05) is 18.4 Å². The lowest BCUT2D eigenvalue weighted by molar-refractivity contribution is 0.0526. The topological polar surface area (TPSA) is 65.5 Å². The maximum absolute atomic E-state index is 12.6. The van der Waals surface area contributed by atoms with Gasteiger partial charge in [-0.15, -0.1) is 11.3 Å². The van der Waals surface area contributed by atoms with Gasteiger partial charge in [0, 0.05) is 10.4 Å². The second kappa shape index (κ2) is 8.07. The van der Waals surface area contributed by atoms with Gasteiger partial charge < -0.3 is 9.47 Å². The minimum atomic E-state index is -0.529. The van der Waals surface area contributed by atoms with Crippen molar-refractivity contribution in [1.82, 2.24) is 4.98 Å². The van der Waals surface area contributed by atoms with E-state index in [-0.39, 0.29) is 13.2 Å². The lowest BCUT2D eigenvalue weighted by atomic mass is 9.95. The van der Waals surface area contributed by atoms with Crippen molar-refractivity contribution in [2.75, 3.05) is 13.2 Å². The van der Waals surface area contributed by atoms with E-state index in [1.54, 1.807) is 20.8 Å². The van der Waals surface area contributed by atoms with E-state index < -0.39 is 11.9 Å². The molecular formula is C19H21NO4S. The van der Waals surface area contributed by atoms with E-state index in [0.717, 1.165) is 10.4 Å². The summed E-state index contributed by atoms with van der Waals surface area (Å²) in [4.78, 5) is 30.4.